The molecule has 1 aromatic rings. The van der Waals surface area contributed by atoms with Crippen molar-refractivity contribution in [2.75, 3.05) is 6.54 Å². The molecule has 0 bridgehead atoms. The van der Waals surface area contributed by atoms with E-state index in [0.717, 1.165) is 25.8 Å². The molecule has 2 N–H and O–H groups in total. The first-order chi connectivity index (χ1) is 8.67. The van der Waals surface area contributed by atoms with Gasteiger partial charge in [0.2, 0.25) is 5.91 Å². The summed E-state index contributed by atoms with van der Waals surface area (Å²) in [6.07, 6.45) is 2.96. The van der Waals surface area contributed by atoms with Crippen LogP contribution in [-0.2, 0) is 11.2 Å². The number of carbonyl (C=O) groups excluding carboxylic acids is 1. The zero-order chi connectivity index (χ0) is 13.4. The summed E-state index contributed by atoms with van der Waals surface area (Å²) in [5.41, 5.74) is 1.33. The Morgan fingerprint density at radius 2 is 2.11 bits per heavy atom. The van der Waals surface area contributed by atoms with Gasteiger partial charge in [-0.25, -0.2) is 0 Å². The molecular formula is C14H24N2OS. The van der Waals surface area contributed by atoms with Gasteiger partial charge in [-0.05, 0) is 55.1 Å². The van der Waals surface area contributed by atoms with Gasteiger partial charge in [0.15, 0.2) is 0 Å². The quantitative estimate of drug-likeness (QED) is 0.761. The Labute approximate surface area is 114 Å². The van der Waals surface area contributed by atoms with Crippen LogP contribution < -0.4 is 10.6 Å². The molecule has 0 radical (unpaired) electrons. The van der Waals surface area contributed by atoms with Gasteiger partial charge in [-0.3, -0.25) is 4.79 Å². The summed E-state index contributed by atoms with van der Waals surface area (Å²) in [7, 11) is 0. The lowest BCUT2D eigenvalue weighted by molar-refractivity contribution is -0.123. The molecule has 0 saturated heterocycles. The first-order valence-corrected chi connectivity index (χ1v) is 7.66. The smallest absolute Gasteiger partial charge is 0.237 e. The second kappa shape index (κ2) is 8.27. The van der Waals surface area contributed by atoms with Crippen molar-refractivity contribution in [1.82, 2.24) is 10.6 Å². The zero-order valence-electron chi connectivity index (χ0n) is 11.5. The molecule has 0 fully saturated rings. The van der Waals surface area contributed by atoms with E-state index in [2.05, 4.69) is 41.3 Å². The minimum atomic E-state index is -0.121. The molecule has 0 aliphatic rings. The molecule has 18 heavy (non-hydrogen) atoms. The molecule has 1 atom stereocenters. The fourth-order valence-electron chi connectivity index (χ4n) is 1.78. The first-order valence-electron chi connectivity index (χ1n) is 6.72. The number of rotatable bonds is 8. The fraction of sp³-hybridized carbons (Fsp3) is 0.643. The summed E-state index contributed by atoms with van der Waals surface area (Å²) in [6, 6.07) is 2.31. The molecule has 1 amide bonds. The highest BCUT2D eigenvalue weighted by molar-refractivity contribution is 7.07. The van der Waals surface area contributed by atoms with Crippen molar-refractivity contribution in [1.29, 1.82) is 0 Å². The fourth-order valence-corrected chi connectivity index (χ4v) is 2.48. The lowest BCUT2D eigenvalue weighted by Crippen LogP contribution is -2.46. The zero-order valence-corrected chi connectivity index (χ0v) is 12.3. The van der Waals surface area contributed by atoms with Crippen molar-refractivity contribution >= 4 is 17.2 Å². The molecule has 1 unspecified atom stereocenters. The second-order valence-corrected chi connectivity index (χ2v) is 5.36. The minimum absolute atomic E-state index is 0.106. The van der Waals surface area contributed by atoms with Crippen molar-refractivity contribution in [2.24, 2.45) is 0 Å². The maximum absolute atomic E-state index is 11.9. The van der Waals surface area contributed by atoms with Crippen molar-refractivity contribution in [3.63, 3.8) is 0 Å². The van der Waals surface area contributed by atoms with E-state index in [1.165, 1.54) is 5.56 Å². The third-order valence-electron chi connectivity index (χ3n) is 3.17. The van der Waals surface area contributed by atoms with Gasteiger partial charge in [0, 0.05) is 6.04 Å². The van der Waals surface area contributed by atoms with Crippen LogP contribution in [0.3, 0.4) is 0 Å². The molecule has 0 aliphatic heterocycles. The van der Waals surface area contributed by atoms with E-state index in [-0.39, 0.29) is 11.9 Å². The first kappa shape index (κ1) is 15.2. The topological polar surface area (TPSA) is 41.1 Å². The molecule has 3 nitrogen and oxygen atoms in total. The molecule has 1 heterocycles. The van der Waals surface area contributed by atoms with Crippen molar-refractivity contribution < 1.29 is 4.79 Å². The van der Waals surface area contributed by atoms with Gasteiger partial charge in [-0.1, -0.05) is 13.8 Å². The van der Waals surface area contributed by atoms with Crippen LogP contribution >= 0.6 is 11.3 Å². The summed E-state index contributed by atoms with van der Waals surface area (Å²) in [6.45, 7) is 6.96. The number of nitrogens with one attached hydrogen (secondary N) is 2. The third kappa shape index (κ3) is 5.19. The summed E-state index contributed by atoms with van der Waals surface area (Å²) < 4.78 is 0. The van der Waals surface area contributed by atoms with E-state index >= 15 is 0 Å². The van der Waals surface area contributed by atoms with Crippen LogP contribution in [0.25, 0.3) is 0 Å². The van der Waals surface area contributed by atoms with Gasteiger partial charge < -0.3 is 10.6 Å². The van der Waals surface area contributed by atoms with E-state index in [4.69, 9.17) is 0 Å². The molecule has 0 aromatic carbocycles. The maximum Gasteiger partial charge on any atom is 0.237 e. The van der Waals surface area contributed by atoms with Crippen LogP contribution in [0.1, 0.15) is 39.2 Å². The Hall–Kier alpha value is -0.870. The number of carbonyl (C=O) groups is 1. The highest BCUT2D eigenvalue weighted by Crippen LogP contribution is 2.05. The number of hydrogen-bond donors (Lipinski definition) is 2. The van der Waals surface area contributed by atoms with Gasteiger partial charge in [0.05, 0.1) is 6.04 Å². The molecule has 0 spiro atoms. The summed E-state index contributed by atoms with van der Waals surface area (Å²) in [5, 5.41) is 10.6. The normalized spacial score (nSPS) is 12.7. The average molecular weight is 268 g/mol. The van der Waals surface area contributed by atoms with Crippen LogP contribution in [0.4, 0.5) is 0 Å². The SMILES string of the molecule is CCC(CC)NC(=O)C(C)NCCc1ccsc1. The van der Waals surface area contributed by atoms with Crippen LogP contribution in [0.15, 0.2) is 16.8 Å². The van der Waals surface area contributed by atoms with Gasteiger partial charge in [-0.2, -0.15) is 11.3 Å². The van der Waals surface area contributed by atoms with Gasteiger partial charge in [-0.15, -0.1) is 0 Å². The molecular weight excluding hydrogens is 244 g/mol. The maximum atomic E-state index is 11.9. The Balaban J connectivity index is 2.23. The second-order valence-electron chi connectivity index (χ2n) is 4.58. The van der Waals surface area contributed by atoms with E-state index < -0.39 is 0 Å². The van der Waals surface area contributed by atoms with Crippen LogP contribution in [-0.4, -0.2) is 24.5 Å². The van der Waals surface area contributed by atoms with E-state index in [1.54, 1.807) is 11.3 Å². The molecule has 4 heteroatoms. The molecule has 0 aliphatic carbocycles. The lowest BCUT2D eigenvalue weighted by Gasteiger charge is -2.19. The van der Waals surface area contributed by atoms with E-state index in [9.17, 15) is 4.79 Å². The number of amides is 1. The lowest BCUT2D eigenvalue weighted by atomic mass is 10.1. The largest absolute Gasteiger partial charge is 0.352 e. The summed E-state index contributed by atoms with van der Waals surface area (Å²) in [4.78, 5) is 11.9. The Bertz CT molecular complexity index is 334. The van der Waals surface area contributed by atoms with Crippen molar-refractivity contribution in [3.8, 4) is 0 Å². The van der Waals surface area contributed by atoms with Crippen LogP contribution in [0.2, 0.25) is 0 Å². The minimum Gasteiger partial charge on any atom is -0.352 e. The van der Waals surface area contributed by atoms with E-state index in [1.807, 2.05) is 6.92 Å². The third-order valence-corrected chi connectivity index (χ3v) is 3.90. The molecule has 1 rings (SSSR count). The van der Waals surface area contributed by atoms with Gasteiger partial charge >= 0.3 is 0 Å². The highest BCUT2D eigenvalue weighted by Gasteiger charge is 2.14. The van der Waals surface area contributed by atoms with Gasteiger partial charge in [0.25, 0.3) is 0 Å². The monoisotopic (exact) mass is 268 g/mol. The summed E-state index contributed by atoms with van der Waals surface area (Å²) >= 11 is 1.71. The van der Waals surface area contributed by atoms with Crippen molar-refractivity contribution in [3.05, 3.63) is 22.4 Å². The predicted molar refractivity (Wildman–Crippen MR) is 78.0 cm³/mol. The Morgan fingerprint density at radius 3 is 2.67 bits per heavy atom. The summed E-state index contributed by atoms with van der Waals surface area (Å²) in [5.74, 6) is 0.106. The number of hydrogen-bond acceptors (Lipinski definition) is 3. The van der Waals surface area contributed by atoms with Crippen LogP contribution in [0.5, 0.6) is 0 Å². The molecule has 0 saturated carbocycles. The van der Waals surface area contributed by atoms with Crippen LogP contribution in [0, 0.1) is 0 Å². The standard InChI is InChI=1S/C14H24N2OS/c1-4-13(5-2)16-14(17)11(3)15-8-6-12-7-9-18-10-12/h7,9-11,13,15H,4-6,8H2,1-3H3,(H,16,17). The predicted octanol–water partition coefficient (Wildman–Crippen LogP) is 2.57. The highest BCUT2D eigenvalue weighted by atomic mass is 32.1. The molecule has 1 aromatic heterocycles. The number of thiophene rings is 1. The average Bonchev–Trinajstić information content (AvgIpc) is 2.88. The van der Waals surface area contributed by atoms with Gasteiger partial charge in [0.1, 0.15) is 0 Å². The Kier molecular flexibility index (Phi) is 6.98. The molecule has 102 valence electrons. The van der Waals surface area contributed by atoms with Crippen molar-refractivity contribution in [2.45, 2.75) is 52.1 Å². The Morgan fingerprint density at radius 1 is 1.39 bits per heavy atom. The van der Waals surface area contributed by atoms with E-state index in [0.29, 0.717) is 6.04 Å².